The molecule has 120 valence electrons. The topological polar surface area (TPSA) is 62.7 Å². The fraction of sp³-hybridized carbons (Fsp3) is 0.158. The number of rotatable bonds is 4. The Bertz CT molecular complexity index is 1030. The number of anilines is 1. The van der Waals surface area contributed by atoms with Crippen LogP contribution in [0.1, 0.15) is 12.2 Å². The number of nitrogens with zero attached hydrogens (tertiary/aromatic N) is 2. The molecule has 2 heterocycles. The van der Waals surface area contributed by atoms with E-state index in [0.29, 0.717) is 13.0 Å². The summed E-state index contributed by atoms with van der Waals surface area (Å²) in [5.74, 6) is 0.872. The predicted octanol–water partition coefficient (Wildman–Crippen LogP) is 3.85. The highest BCUT2D eigenvalue weighted by molar-refractivity contribution is 5.93. The molecular formula is C19H18N4O. The van der Waals surface area contributed by atoms with Gasteiger partial charge in [-0.05, 0) is 42.6 Å². The average Bonchev–Trinajstić information content (AvgIpc) is 3.15. The SMILES string of the molecule is Cc1nc2ccc(NC(=O)CCn3ccc4ccccc43)cc2[nH]1. The third-order valence-corrected chi connectivity index (χ3v) is 4.14. The Hall–Kier alpha value is -3.08. The van der Waals surface area contributed by atoms with Crippen molar-refractivity contribution in [1.29, 1.82) is 0 Å². The lowest BCUT2D eigenvalue weighted by Crippen LogP contribution is -2.14. The number of para-hydroxylation sites is 1. The largest absolute Gasteiger partial charge is 0.347 e. The summed E-state index contributed by atoms with van der Waals surface area (Å²) in [4.78, 5) is 19.8. The number of aromatic nitrogens is 3. The van der Waals surface area contributed by atoms with Crippen molar-refractivity contribution in [3.8, 4) is 0 Å². The Morgan fingerprint density at radius 3 is 3.00 bits per heavy atom. The Kier molecular flexibility index (Phi) is 3.54. The van der Waals surface area contributed by atoms with E-state index in [4.69, 9.17) is 0 Å². The van der Waals surface area contributed by atoms with E-state index in [1.807, 2.05) is 43.5 Å². The first-order valence-corrected chi connectivity index (χ1v) is 7.99. The van der Waals surface area contributed by atoms with Gasteiger partial charge in [-0.1, -0.05) is 18.2 Å². The van der Waals surface area contributed by atoms with E-state index in [-0.39, 0.29) is 5.91 Å². The van der Waals surface area contributed by atoms with E-state index >= 15 is 0 Å². The molecule has 0 radical (unpaired) electrons. The van der Waals surface area contributed by atoms with Crippen LogP contribution in [0.2, 0.25) is 0 Å². The number of imidazole rings is 1. The van der Waals surface area contributed by atoms with Crippen LogP contribution in [0, 0.1) is 6.92 Å². The number of hydrogen-bond donors (Lipinski definition) is 2. The second-order valence-corrected chi connectivity index (χ2v) is 5.92. The van der Waals surface area contributed by atoms with Gasteiger partial charge >= 0.3 is 0 Å². The number of fused-ring (bicyclic) bond motifs is 2. The van der Waals surface area contributed by atoms with Gasteiger partial charge in [0.2, 0.25) is 5.91 Å². The van der Waals surface area contributed by atoms with E-state index in [2.05, 4.69) is 38.1 Å². The van der Waals surface area contributed by atoms with Crippen molar-refractivity contribution in [2.24, 2.45) is 0 Å². The van der Waals surface area contributed by atoms with Crippen molar-refractivity contribution in [3.63, 3.8) is 0 Å². The van der Waals surface area contributed by atoms with E-state index < -0.39 is 0 Å². The number of nitrogens with one attached hydrogen (secondary N) is 2. The molecule has 0 saturated carbocycles. The van der Waals surface area contributed by atoms with Crippen LogP contribution >= 0.6 is 0 Å². The van der Waals surface area contributed by atoms with E-state index in [0.717, 1.165) is 28.1 Å². The van der Waals surface area contributed by atoms with Gasteiger partial charge in [-0.3, -0.25) is 4.79 Å². The quantitative estimate of drug-likeness (QED) is 0.600. The Balaban J connectivity index is 1.44. The summed E-state index contributed by atoms with van der Waals surface area (Å²) in [7, 11) is 0. The van der Waals surface area contributed by atoms with Gasteiger partial charge in [0.1, 0.15) is 5.82 Å². The molecule has 2 N–H and O–H groups in total. The van der Waals surface area contributed by atoms with Crippen LogP contribution in [0.15, 0.2) is 54.7 Å². The fourth-order valence-electron chi connectivity index (χ4n) is 3.00. The maximum absolute atomic E-state index is 12.2. The number of H-pyrrole nitrogens is 1. The maximum Gasteiger partial charge on any atom is 0.226 e. The molecule has 5 nitrogen and oxygen atoms in total. The normalized spacial score (nSPS) is 11.2. The van der Waals surface area contributed by atoms with Gasteiger partial charge in [-0.2, -0.15) is 0 Å². The summed E-state index contributed by atoms with van der Waals surface area (Å²) >= 11 is 0. The number of benzene rings is 2. The monoisotopic (exact) mass is 318 g/mol. The molecule has 0 unspecified atom stereocenters. The number of aromatic amines is 1. The number of hydrogen-bond acceptors (Lipinski definition) is 2. The Morgan fingerprint density at radius 2 is 2.08 bits per heavy atom. The second kappa shape index (κ2) is 5.85. The van der Waals surface area contributed by atoms with Crippen molar-refractivity contribution in [3.05, 3.63) is 60.6 Å². The molecule has 0 spiro atoms. The van der Waals surface area contributed by atoms with Crippen molar-refractivity contribution < 1.29 is 4.79 Å². The summed E-state index contributed by atoms with van der Waals surface area (Å²) in [5, 5.41) is 4.15. The first-order valence-electron chi connectivity index (χ1n) is 7.99. The Labute approximate surface area is 139 Å². The van der Waals surface area contributed by atoms with Crippen molar-refractivity contribution >= 4 is 33.5 Å². The molecule has 0 saturated heterocycles. The van der Waals surface area contributed by atoms with Gasteiger partial charge in [0.15, 0.2) is 0 Å². The molecule has 1 amide bonds. The molecule has 5 heteroatoms. The van der Waals surface area contributed by atoms with Gasteiger partial charge < -0.3 is 14.9 Å². The van der Waals surface area contributed by atoms with Crippen molar-refractivity contribution in [2.75, 3.05) is 5.32 Å². The summed E-state index contributed by atoms with van der Waals surface area (Å²) in [5.41, 5.74) is 3.78. The van der Waals surface area contributed by atoms with E-state index in [1.54, 1.807) is 0 Å². The molecular weight excluding hydrogens is 300 g/mol. The minimum atomic E-state index is 0.00312. The highest BCUT2D eigenvalue weighted by Crippen LogP contribution is 2.18. The standard InChI is InChI=1S/C19H18N4O/c1-13-20-16-7-6-15(12-17(16)21-13)22-19(24)9-11-23-10-8-14-4-2-3-5-18(14)23/h2-8,10,12H,9,11H2,1H3,(H,20,21)(H,22,24). The lowest BCUT2D eigenvalue weighted by Gasteiger charge is -2.07. The van der Waals surface area contributed by atoms with Crippen LogP contribution < -0.4 is 5.32 Å². The smallest absolute Gasteiger partial charge is 0.226 e. The third kappa shape index (κ3) is 2.76. The number of amides is 1. The zero-order valence-electron chi connectivity index (χ0n) is 13.4. The van der Waals surface area contributed by atoms with Gasteiger partial charge in [0.05, 0.1) is 11.0 Å². The number of carbonyl (C=O) groups is 1. The molecule has 0 aliphatic rings. The first kappa shape index (κ1) is 14.5. The maximum atomic E-state index is 12.2. The van der Waals surface area contributed by atoms with Crippen LogP contribution in [-0.2, 0) is 11.3 Å². The van der Waals surface area contributed by atoms with E-state index in [1.165, 1.54) is 5.39 Å². The van der Waals surface area contributed by atoms with Gasteiger partial charge in [0.25, 0.3) is 0 Å². The average molecular weight is 318 g/mol. The molecule has 0 aliphatic carbocycles. The number of carbonyl (C=O) groups excluding carboxylic acids is 1. The van der Waals surface area contributed by atoms with Gasteiger partial charge in [-0.25, -0.2) is 4.98 Å². The Morgan fingerprint density at radius 1 is 1.21 bits per heavy atom. The zero-order chi connectivity index (χ0) is 16.5. The molecule has 2 aromatic heterocycles. The van der Waals surface area contributed by atoms with Gasteiger partial charge in [0, 0.05) is 30.4 Å². The van der Waals surface area contributed by atoms with Crippen LogP contribution in [0.4, 0.5) is 5.69 Å². The summed E-state index contributed by atoms with van der Waals surface area (Å²) in [6.07, 6.45) is 2.45. The van der Waals surface area contributed by atoms with Crippen LogP contribution in [0.5, 0.6) is 0 Å². The fourth-order valence-corrected chi connectivity index (χ4v) is 3.00. The molecule has 4 rings (SSSR count). The number of aryl methyl sites for hydroxylation is 2. The van der Waals surface area contributed by atoms with Crippen molar-refractivity contribution in [2.45, 2.75) is 19.9 Å². The first-order chi connectivity index (χ1) is 11.7. The molecule has 0 bridgehead atoms. The highest BCUT2D eigenvalue weighted by atomic mass is 16.1. The molecule has 0 atom stereocenters. The van der Waals surface area contributed by atoms with Crippen molar-refractivity contribution in [1.82, 2.24) is 14.5 Å². The van der Waals surface area contributed by atoms with Gasteiger partial charge in [-0.15, -0.1) is 0 Å². The minimum Gasteiger partial charge on any atom is -0.347 e. The molecule has 24 heavy (non-hydrogen) atoms. The molecule has 0 aliphatic heterocycles. The predicted molar refractivity (Wildman–Crippen MR) is 96.0 cm³/mol. The molecule has 0 fully saturated rings. The second-order valence-electron chi connectivity index (χ2n) is 5.92. The lowest BCUT2D eigenvalue weighted by atomic mass is 10.2. The minimum absolute atomic E-state index is 0.00312. The zero-order valence-corrected chi connectivity index (χ0v) is 13.4. The summed E-state index contributed by atoms with van der Waals surface area (Å²) < 4.78 is 2.11. The third-order valence-electron chi connectivity index (χ3n) is 4.14. The summed E-state index contributed by atoms with van der Waals surface area (Å²) in [6, 6.07) is 16.0. The lowest BCUT2D eigenvalue weighted by molar-refractivity contribution is -0.116. The van der Waals surface area contributed by atoms with E-state index in [9.17, 15) is 4.79 Å². The summed E-state index contributed by atoms with van der Waals surface area (Å²) in [6.45, 7) is 2.57. The molecule has 4 aromatic rings. The van der Waals surface area contributed by atoms with Crippen LogP contribution in [0.3, 0.4) is 0 Å². The van der Waals surface area contributed by atoms with Crippen LogP contribution in [-0.4, -0.2) is 20.4 Å². The molecule has 2 aromatic carbocycles. The van der Waals surface area contributed by atoms with Crippen LogP contribution in [0.25, 0.3) is 21.9 Å². The highest BCUT2D eigenvalue weighted by Gasteiger charge is 2.07.